The van der Waals surface area contributed by atoms with Gasteiger partial charge in [0.1, 0.15) is 12.3 Å². The number of carbonyl (C=O) groups is 2. The number of aliphatic imine (C=N–C) groups is 2. The summed E-state index contributed by atoms with van der Waals surface area (Å²) < 4.78 is 50.8. The van der Waals surface area contributed by atoms with Crippen LogP contribution in [0.1, 0.15) is 72.1 Å². The molecule has 246 valence electrons. The zero-order chi connectivity index (χ0) is 32.2. The molecule has 4 heterocycles. The number of fused-ring (bicyclic) bond motifs is 4. The van der Waals surface area contributed by atoms with Gasteiger partial charge in [-0.3, -0.25) is 19.6 Å². The van der Waals surface area contributed by atoms with Crippen molar-refractivity contribution in [1.29, 1.82) is 0 Å². The van der Waals surface area contributed by atoms with E-state index < -0.39 is 12.3 Å². The van der Waals surface area contributed by atoms with Gasteiger partial charge in [0.25, 0.3) is 11.8 Å². The minimum absolute atomic E-state index is 0.0779. The van der Waals surface area contributed by atoms with E-state index >= 15 is 0 Å². The van der Waals surface area contributed by atoms with Crippen LogP contribution in [0.25, 0.3) is 0 Å². The zero-order valence-electron chi connectivity index (χ0n) is 26.3. The highest BCUT2D eigenvalue weighted by Gasteiger charge is 2.39. The Morgan fingerprint density at radius 2 is 1.07 bits per heavy atom. The summed E-state index contributed by atoms with van der Waals surface area (Å²) in [6.07, 6.45) is 7.58. The number of rotatable bonds is 13. The van der Waals surface area contributed by atoms with Gasteiger partial charge >= 0.3 is 0 Å². The average molecular weight is 639 g/mol. The average Bonchev–Trinajstić information content (AvgIpc) is 3.56. The Morgan fingerprint density at radius 1 is 0.652 bits per heavy atom. The fraction of sp³-hybridized carbons (Fsp3) is 0.529. The highest BCUT2D eigenvalue weighted by molar-refractivity contribution is 6.04. The van der Waals surface area contributed by atoms with Gasteiger partial charge in [-0.1, -0.05) is 25.7 Å². The predicted octanol–water partition coefficient (Wildman–Crippen LogP) is 6.04. The lowest BCUT2D eigenvalue weighted by molar-refractivity contribution is 0.0758. The lowest BCUT2D eigenvalue weighted by Gasteiger charge is -2.20. The van der Waals surface area contributed by atoms with Gasteiger partial charge in [-0.15, -0.1) is 0 Å². The number of unbranched alkanes of at least 4 members (excludes halogenated alkanes) is 5. The van der Waals surface area contributed by atoms with E-state index in [0.717, 1.165) is 38.5 Å². The van der Waals surface area contributed by atoms with Crippen LogP contribution >= 0.6 is 0 Å². The zero-order valence-corrected chi connectivity index (χ0v) is 26.3. The van der Waals surface area contributed by atoms with E-state index in [9.17, 15) is 18.4 Å². The van der Waals surface area contributed by atoms with Crippen molar-refractivity contribution in [3.63, 3.8) is 0 Å². The fourth-order valence-corrected chi connectivity index (χ4v) is 6.49. The Hall–Kier alpha value is -4.22. The quantitative estimate of drug-likeness (QED) is 0.248. The molecule has 0 aromatic heterocycles. The highest BCUT2D eigenvalue weighted by Crippen LogP contribution is 2.40. The number of hydrogen-bond acceptors (Lipinski definition) is 8. The van der Waals surface area contributed by atoms with Gasteiger partial charge in [-0.05, 0) is 25.0 Å². The van der Waals surface area contributed by atoms with Crippen LogP contribution in [-0.4, -0.2) is 99.0 Å². The van der Waals surface area contributed by atoms with Crippen molar-refractivity contribution < 1.29 is 37.3 Å². The van der Waals surface area contributed by atoms with Crippen molar-refractivity contribution in [2.24, 2.45) is 9.98 Å². The maximum absolute atomic E-state index is 13.9. The second kappa shape index (κ2) is 14.0. The lowest BCUT2D eigenvalue weighted by Crippen LogP contribution is -2.35. The summed E-state index contributed by atoms with van der Waals surface area (Å²) in [5.41, 5.74) is 1.80. The number of nitrogens with zero attached hydrogens (tertiary/aromatic N) is 4. The fourth-order valence-electron chi connectivity index (χ4n) is 6.49. The van der Waals surface area contributed by atoms with Crippen LogP contribution < -0.4 is 18.9 Å². The Bertz CT molecular complexity index is 1410. The summed E-state index contributed by atoms with van der Waals surface area (Å²) in [6, 6.07) is 6.07. The Morgan fingerprint density at radius 3 is 1.48 bits per heavy atom. The summed E-state index contributed by atoms with van der Waals surface area (Å²) in [5.74, 6) is 1.49. The lowest BCUT2D eigenvalue weighted by atomic mass is 10.1. The van der Waals surface area contributed by atoms with E-state index in [4.69, 9.17) is 18.9 Å². The van der Waals surface area contributed by atoms with Crippen molar-refractivity contribution in [3.8, 4) is 23.0 Å². The molecule has 0 unspecified atom stereocenters. The van der Waals surface area contributed by atoms with E-state index in [2.05, 4.69) is 9.98 Å². The minimum atomic E-state index is -1.04. The van der Waals surface area contributed by atoms with Gasteiger partial charge in [-0.2, -0.15) is 0 Å². The SMILES string of the molecule is COc1cc2c(cc1OCCCCCCCCOc1cc3c(cc1OC)C(=O)N1C[C@@H](F)C[C@H]1C=N3)N=C[C@@H]1C[C@H](F)CN1C2=O. The van der Waals surface area contributed by atoms with Crippen LogP contribution in [0.2, 0.25) is 0 Å². The first-order chi connectivity index (χ1) is 22.4. The maximum atomic E-state index is 13.9. The number of ether oxygens (including phenoxy) is 4. The molecular weight excluding hydrogens is 598 g/mol. The number of halogens is 2. The third-order valence-corrected chi connectivity index (χ3v) is 8.96. The molecule has 0 bridgehead atoms. The van der Waals surface area contributed by atoms with Gasteiger partial charge in [0.15, 0.2) is 23.0 Å². The first kappa shape index (κ1) is 31.7. The molecule has 0 spiro atoms. The highest BCUT2D eigenvalue weighted by atomic mass is 19.1. The molecule has 2 amide bonds. The number of amides is 2. The minimum Gasteiger partial charge on any atom is -0.493 e. The van der Waals surface area contributed by atoms with Gasteiger partial charge in [0, 0.05) is 37.4 Å². The van der Waals surface area contributed by atoms with Gasteiger partial charge < -0.3 is 28.7 Å². The molecule has 4 atom stereocenters. The number of methoxy groups -OCH3 is 2. The Kier molecular flexibility index (Phi) is 9.70. The third kappa shape index (κ3) is 6.66. The van der Waals surface area contributed by atoms with Crippen molar-refractivity contribution in [3.05, 3.63) is 35.4 Å². The summed E-state index contributed by atoms with van der Waals surface area (Å²) in [7, 11) is 3.06. The van der Waals surface area contributed by atoms with E-state index in [-0.39, 0.29) is 49.8 Å². The second-order valence-corrected chi connectivity index (χ2v) is 12.1. The van der Waals surface area contributed by atoms with Gasteiger partial charge in [0.2, 0.25) is 0 Å². The van der Waals surface area contributed by atoms with Crippen LogP contribution in [0, 0.1) is 0 Å². The smallest absolute Gasteiger partial charge is 0.256 e. The van der Waals surface area contributed by atoms with E-state index in [1.165, 1.54) is 24.0 Å². The van der Waals surface area contributed by atoms with Gasteiger partial charge in [-0.25, -0.2) is 8.78 Å². The summed E-state index contributed by atoms with van der Waals surface area (Å²) in [5, 5.41) is 0. The summed E-state index contributed by atoms with van der Waals surface area (Å²) >= 11 is 0. The Balaban J connectivity index is 0.918. The monoisotopic (exact) mass is 638 g/mol. The van der Waals surface area contributed by atoms with Gasteiger partial charge in [0.05, 0.1) is 75.1 Å². The van der Waals surface area contributed by atoms with Crippen LogP contribution in [0.15, 0.2) is 34.3 Å². The number of benzene rings is 2. The number of alkyl halides is 2. The third-order valence-electron chi connectivity index (χ3n) is 8.96. The first-order valence-corrected chi connectivity index (χ1v) is 16.0. The van der Waals surface area contributed by atoms with Crippen LogP contribution in [0.5, 0.6) is 23.0 Å². The molecule has 4 aliphatic heterocycles. The van der Waals surface area contributed by atoms with E-state index in [0.29, 0.717) is 58.7 Å². The van der Waals surface area contributed by atoms with Crippen molar-refractivity contribution >= 4 is 35.6 Å². The molecule has 46 heavy (non-hydrogen) atoms. The van der Waals surface area contributed by atoms with Crippen LogP contribution in [0.4, 0.5) is 20.2 Å². The number of carbonyl (C=O) groups excluding carboxylic acids is 2. The molecule has 12 heteroatoms. The molecule has 10 nitrogen and oxygen atoms in total. The normalized spacial score (nSPS) is 23.0. The Labute approximate surface area is 267 Å². The molecule has 2 aromatic rings. The van der Waals surface area contributed by atoms with Crippen LogP contribution in [0.3, 0.4) is 0 Å². The van der Waals surface area contributed by atoms with Crippen molar-refractivity contribution in [1.82, 2.24) is 9.80 Å². The molecule has 0 aliphatic carbocycles. The number of hydrogen-bond donors (Lipinski definition) is 0. The van der Waals surface area contributed by atoms with Crippen LogP contribution in [-0.2, 0) is 0 Å². The van der Waals surface area contributed by atoms with Crippen molar-refractivity contribution in [2.45, 2.75) is 75.8 Å². The molecule has 2 saturated heterocycles. The molecule has 6 rings (SSSR count). The largest absolute Gasteiger partial charge is 0.493 e. The summed E-state index contributed by atoms with van der Waals surface area (Å²) in [6.45, 7) is 1.16. The molecule has 0 radical (unpaired) electrons. The van der Waals surface area contributed by atoms with E-state index in [1.54, 1.807) is 36.7 Å². The second-order valence-electron chi connectivity index (χ2n) is 12.1. The predicted molar refractivity (Wildman–Crippen MR) is 170 cm³/mol. The first-order valence-electron chi connectivity index (χ1n) is 16.0. The van der Waals surface area contributed by atoms with Crippen molar-refractivity contribution in [2.75, 3.05) is 40.5 Å². The van der Waals surface area contributed by atoms with E-state index in [1.807, 2.05) is 0 Å². The maximum Gasteiger partial charge on any atom is 0.256 e. The standard InChI is InChI=1S/C34H40F2N4O6/c1-43-29-13-25-27(37-17-23-11-21(35)19-39(23)33(25)41)15-31(29)45-9-7-5-3-4-6-8-10-46-32-16-28-26(14-30(32)44-2)34(42)40-20-22(36)12-24(40)18-38-28/h13-18,21-24H,3-12,19-20H2,1-2H3/t21-,22-,23-,24-/m0/s1. The molecule has 2 aromatic carbocycles. The molecule has 4 aliphatic rings. The topological polar surface area (TPSA) is 102 Å². The molecule has 0 saturated carbocycles. The molecule has 2 fully saturated rings. The molecular formula is C34H40F2N4O6. The molecule has 0 N–H and O–H groups in total. The summed E-state index contributed by atoms with van der Waals surface area (Å²) in [4.78, 5) is 38.1.